The maximum absolute atomic E-state index is 10.6. The molecule has 6 nitrogen and oxygen atoms in total. The summed E-state index contributed by atoms with van der Waals surface area (Å²) >= 11 is 0. The molecule has 0 aliphatic carbocycles. The number of carboxylic acids is 1. The Morgan fingerprint density at radius 3 is 2.82 bits per heavy atom. The summed E-state index contributed by atoms with van der Waals surface area (Å²) in [6, 6.07) is -0.938. The van der Waals surface area contributed by atoms with Crippen molar-refractivity contribution in [3.63, 3.8) is 0 Å². The monoisotopic (exact) mass is 163 g/mol. The van der Waals surface area contributed by atoms with Gasteiger partial charge in [-0.3, -0.25) is 9.97 Å². The highest BCUT2D eigenvalue weighted by molar-refractivity contribution is 5.72. The molecular formula is C5H13N3O3. The molecule has 0 saturated carbocycles. The molecule has 1 unspecified atom stereocenters. The second-order valence-electron chi connectivity index (χ2n) is 2.16. The van der Waals surface area contributed by atoms with Crippen LogP contribution in [-0.4, -0.2) is 30.7 Å². The van der Waals surface area contributed by atoms with Crippen LogP contribution in [0.5, 0.6) is 0 Å². The van der Waals surface area contributed by atoms with Crippen LogP contribution in [0.1, 0.15) is 6.42 Å². The number of hydrogen-bond acceptors (Lipinski definition) is 4. The molecule has 0 bridgehead atoms. The first-order chi connectivity index (χ1) is 5.07. The lowest BCUT2D eigenvalue weighted by atomic mass is 10.2. The molecule has 0 spiro atoms. The summed E-state index contributed by atoms with van der Waals surface area (Å²) in [5.74, 6) is -1.08. The standard InChI is InChI=1S/C5H13N3O3/c1-7-8(11)3-2-4(6)5(9)10/h4,7-8H,2-3,6H2,1H3,(H,9,10)/t4-/m0/s1. The number of nitrogens with two attached hydrogens (primary N) is 1. The van der Waals surface area contributed by atoms with Gasteiger partial charge in [-0.25, -0.2) is 0 Å². The molecule has 0 amide bonds. The van der Waals surface area contributed by atoms with Gasteiger partial charge in [-0.1, -0.05) is 0 Å². The van der Waals surface area contributed by atoms with Crippen LogP contribution in [0.25, 0.3) is 0 Å². The van der Waals surface area contributed by atoms with Gasteiger partial charge in [0, 0.05) is 13.5 Å². The van der Waals surface area contributed by atoms with Crippen molar-refractivity contribution in [2.75, 3.05) is 13.6 Å². The molecule has 6 heteroatoms. The summed E-state index contributed by atoms with van der Waals surface area (Å²) in [5.41, 5.74) is 7.51. The quantitative estimate of drug-likeness (QED) is 0.330. The van der Waals surface area contributed by atoms with E-state index in [4.69, 9.17) is 10.8 Å². The van der Waals surface area contributed by atoms with Crippen LogP contribution >= 0.6 is 0 Å². The Balaban J connectivity index is 3.45. The van der Waals surface area contributed by atoms with E-state index in [2.05, 4.69) is 5.43 Å². The molecule has 0 aromatic carbocycles. The Bertz CT molecular complexity index is 130. The molecule has 5 N–H and O–H groups in total. The summed E-state index contributed by atoms with van der Waals surface area (Å²) in [6.07, 6.45) is 0.176. The maximum atomic E-state index is 10.6. The second kappa shape index (κ2) is 5.03. The highest BCUT2D eigenvalue weighted by atomic mass is 16.5. The smallest absolute Gasteiger partial charge is 0.320 e. The molecule has 0 aliphatic rings. The Hall–Kier alpha value is -0.690. The topological polar surface area (TPSA) is 103 Å². The normalized spacial score (nSPS) is 15.9. The van der Waals surface area contributed by atoms with Crippen LogP contribution in [0.4, 0.5) is 0 Å². The van der Waals surface area contributed by atoms with Crippen molar-refractivity contribution in [2.24, 2.45) is 5.73 Å². The van der Waals surface area contributed by atoms with E-state index >= 15 is 0 Å². The maximum Gasteiger partial charge on any atom is 0.320 e. The van der Waals surface area contributed by atoms with E-state index in [1.807, 2.05) is 0 Å². The predicted octanol–water partition coefficient (Wildman–Crippen LogP) is -2.69. The Morgan fingerprint density at radius 1 is 1.91 bits per heavy atom. The third kappa shape index (κ3) is 4.68. The molecular weight excluding hydrogens is 150 g/mol. The average molecular weight is 163 g/mol. The molecule has 0 saturated heterocycles. The summed E-state index contributed by atoms with van der Waals surface area (Å²) < 4.78 is 0. The number of nitrogens with one attached hydrogen (secondary N) is 2. The molecule has 2 atom stereocenters. The molecule has 0 radical (unpaired) electrons. The third-order valence-electron chi connectivity index (χ3n) is 1.28. The van der Waals surface area contributed by atoms with Crippen molar-refractivity contribution in [2.45, 2.75) is 12.5 Å². The molecule has 0 aliphatic heterocycles. The van der Waals surface area contributed by atoms with Crippen LogP contribution in [0.2, 0.25) is 0 Å². The van der Waals surface area contributed by atoms with Crippen molar-refractivity contribution in [3.8, 4) is 0 Å². The Labute approximate surface area is 64.5 Å². The molecule has 66 valence electrons. The van der Waals surface area contributed by atoms with E-state index in [9.17, 15) is 10.0 Å². The van der Waals surface area contributed by atoms with E-state index in [1.165, 1.54) is 7.05 Å². The van der Waals surface area contributed by atoms with Crippen molar-refractivity contribution >= 4 is 5.97 Å². The lowest BCUT2D eigenvalue weighted by molar-refractivity contribution is -0.893. The lowest BCUT2D eigenvalue weighted by Crippen LogP contribution is -3.13. The number of rotatable bonds is 5. The summed E-state index contributed by atoms with van der Waals surface area (Å²) in [7, 11) is 1.49. The SMILES string of the molecule is CN[NH+]([O-])CC[C@H](N)C(=O)O. The van der Waals surface area contributed by atoms with Crippen molar-refractivity contribution in [1.29, 1.82) is 0 Å². The van der Waals surface area contributed by atoms with Gasteiger partial charge in [0.15, 0.2) is 0 Å². The van der Waals surface area contributed by atoms with Crippen LogP contribution in [0.15, 0.2) is 0 Å². The van der Waals surface area contributed by atoms with Gasteiger partial charge in [0.2, 0.25) is 0 Å². The largest absolute Gasteiger partial charge is 0.613 e. The summed E-state index contributed by atoms with van der Waals surface area (Å²) in [4.78, 5) is 10.1. The van der Waals surface area contributed by atoms with Crippen LogP contribution in [-0.2, 0) is 4.79 Å². The molecule has 0 aromatic heterocycles. The number of carboxylic acid groups (broad SMARTS) is 1. The third-order valence-corrected chi connectivity index (χ3v) is 1.28. The minimum Gasteiger partial charge on any atom is -0.613 e. The minimum atomic E-state index is -1.08. The molecule has 0 fully saturated rings. The Kier molecular flexibility index (Phi) is 4.71. The van der Waals surface area contributed by atoms with E-state index in [0.717, 1.165) is 0 Å². The molecule has 0 rings (SSSR count). The predicted molar refractivity (Wildman–Crippen MR) is 38.5 cm³/mol. The van der Waals surface area contributed by atoms with Crippen LogP contribution < -0.4 is 16.3 Å². The van der Waals surface area contributed by atoms with E-state index in [0.29, 0.717) is 0 Å². The fraction of sp³-hybridized carbons (Fsp3) is 0.800. The van der Waals surface area contributed by atoms with Gasteiger partial charge in [0.25, 0.3) is 0 Å². The minimum absolute atomic E-state index is 0.157. The first kappa shape index (κ1) is 10.3. The fourth-order valence-electron chi connectivity index (χ4n) is 0.535. The van der Waals surface area contributed by atoms with Crippen molar-refractivity contribution in [1.82, 2.24) is 5.43 Å². The summed E-state index contributed by atoms with van der Waals surface area (Å²) in [5, 5.41) is 18.7. The second-order valence-corrected chi connectivity index (χ2v) is 2.16. The zero-order chi connectivity index (χ0) is 8.85. The highest BCUT2D eigenvalue weighted by Gasteiger charge is 2.11. The fourth-order valence-corrected chi connectivity index (χ4v) is 0.535. The van der Waals surface area contributed by atoms with Crippen molar-refractivity contribution in [3.05, 3.63) is 5.21 Å². The number of aliphatic carboxylic acids is 1. The number of hydroxylamine groups is 1. The number of quaternary nitrogens is 1. The highest BCUT2D eigenvalue weighted by Crippen LogP contribution is 1.82. The van der Waals surface area contributed by atoms with Gasteiger partial charge in [0.1, 0.15) is 6.04 Å². The lowest BCUT2D eigenvalue weighted by Gasteiger charge is -2.20. The van der Waals surface area contributed by atoms with Gasteiger partial charge in [-0.2, -0.15) is 5.43 Å². The Morgan fingerprint density at radius 2 is 2.45 bits per heavy atom. The summed E-state index contributed by atoms with van der Waals surface area (Å²) in [6.45, 7) is 0.157. The van der Waals surface area contributed by atoms with E-state index in [1.54, 1.807) is 0 Å². The van der Waals surface area contributed by atoms with E-state index in [-0.39, 0.29) is 18.1 Å². The van der Waals surface area contributed by atoms with Gasteiger partial charge in [-0.15, -0.1) is 0 Å². The van der Waals surface area contributed by atoms with E-state index < -0.39 is 12.0 Å². The molecule has 11 heavy (non-hydrogen) atoms. The zero-order valence-corrected chi connectivity index (χ0v) is 6.33. The van der Waals surface area contributed by atoms with Crippen LogP contribution in [0.3, 0.4) is 0 Å². The average Bonchev–Trinajstić information content (AvgIpc) is 1.99. The van der Waals surface area contributed by atoms with Crippen molar-refractivity contribution < 1.29 is 15.1 Å². The molecule has 0 aromatic rings. The first-order valence-corrected chi connectivity index (χ1v) is 3.27. The number of carbonyl (C=O) groups is 1. The zero-order valence-electron chi connectivity index (χ0n) is 6.33. The number of hydrogen-bond donors (Lipinski definition) is 4. The van der Waals surface area contributed by atoms with Gasteiger partial charge in [0.05, 0.1) is 6.54 Å². The molecule has 0 heterocycles. The van der Waals surface area contributed by atoms with Gasteiger partial charge < -0.3 is 16.0 Å². The van der Waals surface area contributed by atoms with Gasteiger partial charge in [-0.05, 0) is 0 Å². The van der Waals surface area contributed by atoms with Gasteiger partial charge >= 0.3 is 5.97 Å². The first-order valence-electron chi connectivity index (χ1n) is 3.27. The van der Waals surface area contributed by atoms with Crippen LogP contribution in [0, 0.1) is 5.21 Å².